The average molecular weight is 284 g/mol. The molecule has 0 saturated carbocycles. The average Bonchev–Trinajstić information content (AvgIpc) is 2.89. The predicted molar refractivity (Wildman–Crippen MR) is 80.8 cm³/mol. The largest absolute Gasteiger partial charge is 0.324 e. The Bertz CT molecular complexity index is 697. The SMILES string of the molecule is CC(N)c1ccc2c(c1)CCN2C(=O)c1cccc(F)c1. The van der Waals surface area contributed by atoms with Gasteiger partial charge in [-0.05, 0) is 48.7 Å². The lowest BCUT2D eigenvalue weighted by atomic mass is 10.0. The minimum Gasteiger partial charge on any atom is -0.324 e. The summed E-state index contributed by atoms with van der Waals surface area (Å²) in [7, 11) is 0. The number of benzene rings is 2. The van der Waals surface area contributed by atoms with E-state index in [1.54, 1.807) is 17.0 Å². The molecule has 0 spiro atoms. The molecule has 1 aliphatic heterocycles. The second-order valence-electron chi connectivity index (χ2n) is 5.39. The number of anilines is 1. The highest BCUT2D eigenvalue weighted by Crippen LogP contribution is 2.31. The van der Waals surface area contributed by atoms with Gasteiger partial charge < -0.3 is 10.6 Å². The fraction of sp³-hybridized carbons (Fsp3) is 0.235. The first-order valence-corrected chi connectivity index (χ1v) is 7.02. The van der Waals surface area contributed by atoms with Gasteiger partial charge >= 0.3 is 0 Å². The first-order valence-electron chi connectivity index (χ1n) is 7.02. The van der Waals surface area contributed by atoms with E-state index >= 15 is 0 Å². The van der Waals surface area contributed by atoms with E-state index in [4.69, 9.17) is 5.73 Å². The zero-order valence-electron chi connectivity index (χ0n) is 11.8. The molecule has 108 valence electrons. The van der Waals surface area contributed by atoms with Gasteiger partial charge in [-0.1, -0.05) is 18.2 Å². The van der Waals surface area contributed by atoms with Crippen molar-refractivity contribution < 1.29 is 9.18 Å². The van der Waals surface area contributed by atoms with E-state index in [1.807, 2.05) is 19.1 Å². The first-order chi connectivity index (χ1) is 10.1. The van der Waals surface area contributed by atoms with Crippen LogP contribution in [0.4, 0.5) is 10.1 Å². The van der Waals surface area contributed by atoms with Crippen LogP contribution < -0.4 is 10.6 Å². The number of hydrogen-bond acceptors (Lipinski definition) is 2. The van der Waals surface area contributed by atoms with Crippen molar-refractivity contribution >= 4 is 11.6 Å². The Kier molecular flexibility index (Phi) is 3.47. The molecule has 0 radical (unpaired) electrons. The highest BCUT2D eigenvalue weighted by atomic mass is 19.1. The second kappa shape index (κ2) is 5.30. The molecule has 2 aromatic rings. The highest BCUT2D eigenvalue weighted by Gasteiger charge is 2.26. The third-order valence-corrected chi connectivity index (χ3v) is 3.84. The van der Waals surface area contributed by atoms with Gasteiger partial charge in [-0.3, -0.25) is 4.79 Å². The van der Waals surface area contributed by atoms with E-state index in [2.05, 4.69) is 6.07 Å². The van der Waals surface area contributed by atoms with Gasteiger partial charge in [-0.2, -0.15) is 0 Å². The third-order valence-electron chi connectivity index (χ3n) is 3.84. The number of nitrogens with two attached hydrogens (primary N) is 1. The minimum atomic E-state index is -0.396. The quantitative estimate of drug-likeness (QED) is 0.921. The Morgan fingerprint density at radius 3 is 2.81 bits per heavy atom. The molecule has 0 bridgehead atoms. The molecule has 0 aromatic heterocycles. The Hall–Kier alpha value is -2.20. The fourth-order valence-corrected chi connectivity index (χ4v) is 2.69. The van der Waals surface area contributed by atoms with Crippen LogP contribution in [-0.2, 0) is 6.42 Å². The van der Waals surface area contributed by atoms with Crippen molar-refractivity contribution in [3.05, 3.63) is 65.0 Å². The molecule has 1 heterocycles. The summed E-state index contributed by atoms with van der Waals surface area (Å²) < 4.78 is 13.3. The lowest BCUT2D eigenvalue weighted by Crippen LogP contribution is -2.28. The maximum absolute atomic E-state index is 13.3. The van der Waals surface area contributed by atoms with Crippen LogP contribution in [-0.4, -0.2) is 12.5 Å². The molecule has 0 aliphatic carbocycles. The molecule has 4 heteroatoms. The van der Waals surface area contributed by atoms with Crippen LogP contribution in [0.1, 0.15) is 34.5 Å². The molecular weight excluding hydrogens is 267 g/mol. The number of rotatable bonds is 2. The van der Waals surface area contributed by atoms with Crippen molar-refractivity contribution in [1.29, 1.82) is 0 Å². The molecule has 0 saturated heterocycles. The van der Waals surface area contributed by atoms with Gasteiger partial charge in [-0.25, -0.2) is 4.39 Å². The number of carbonyl (C=O) groups excluding carboxylic acids is 1. The molecule has 2 N–H and O–H groups in total. The van der Waals surface area contributed by atoms with Crippen LogP contribution in [0.3, 0.4) is 0 Å². The number of amides is 1. The third kappa shape index (κ3) is 2.54. The molecule has 0 fully saturated rings. The summed E-state index contributed by atoms with van der Waals surface area (Å²) in [4.78, 5) is 14.2. The summed E-state index contributed by atoms with van der Waals surface area (Å²) in [6.07, 6.45) is 0.803. The van der Waals surface area contributed by atoms with Gasteiger partial charge in [0, 0.05) is 23.8 Å². The van der Waals surface area contributed by atoms with E-state index in [0.717, 1.165) is 23.2 Å². The maximum atomic E-state index is 13.3. The number of hydrogen-bond donors (Lipinski definition) is 1. The summed E-state index contributed by atoms with van der Waals surface area (Å²) in [5, 5.41) is 0. The summed E-state index contributed by atoms with van der Waals surface area (Å²) in [6.45, 7) is 2.55. The molecule has 2 aromatic carbocycles. The van der Waals surface area contributed by atoms with E-state index < -0.39 is 5.82 Å². The van der Waals surface area contributed by atoms with Gasteiger partial charge in [0.05, 0.1) is 0 Å². The lowest BCUT2D eigenvalue weighted by molar-refractivity contribution is 0.0989. The van der Waals surface area contributed by atoms with Crippen molar-refractivity contribution in [2.45, 2.75) is 19.4 Å². The monoisotopic (exact) mass is 284 g/mol. The molecule has 3 nitrogen and oxygen atoms in total. The molecule has 21 heavy (non-hydrogen) atoms. The summed E-state index contributed by atoms with van der Waals surface area (Å²) in [5.41, 5.74) is 9.34. The van der Waals surface area contributed by atoms with Crippen LogP contribution in [0.5, 0.6) is 0 Å². The summed E-state index contributed by atoms with van der Waals surface area (Å²) in [6, 6.07) is 11.7. The molecule has 1 atom stereocenters. The number of halogens is 1. The van der Waals surface area contributed by atoms with Crippen LogP contribution in [0.25, 0.3) is 0 Å². The van der Waals surface area contributed by atoms with E-state index in [-0.39, 0.29) is 11.9 Å². The Labute approximate surface area is 123 Å². The van der Waals surface area contributed by atoms with Gasteiger partial charge in [0.15, 0.2) is 0 Å². The predicted octanol–water partition coefficient (Wildman–Crippen LogP) is 3.05. The Morgan fingerprint density at radius 1 is 1.29 bits per heavy atom. The fourth-order valence-electron chi connectivity index (χ4n) is 2.69. The lowest BCUT2D eigenvalue weighted by Gasteiger charge is -2.18. The zero-order chi connectivity index (χ0) is 15.0. The normalized spacial score (nSPS) is 14.9. The molecule has 3 rings (SSSR count). The van der Waals surface area contributed by atoms with Crippen LogP contribution in [0, 0.1) is 5.82 Å². The van der Waals surface area contributed by atoms with Gasteiger partial charge in [0.25, 0.3) is 5.91 Å². The van der Waals surface area contributed by atoms with Gasteiger partial charge in [0.1, 0.15) is 5.82 Å². The number of nitrogens with zero attached hydrogens (tertiary/aromatic N) is 1. The van der Waals surface area contributed by atoms with Crippen molar-refractivity contribution in [2.24, 2.45) is 5.73 Å². The van der Waals surface area contributed by atoms with Crippen molar-refractivity contribution in [3.8, 4) is 0 Å². The summed E-state index contributed by atoms with van der Waals surface area (Å²) >= 11 is 0. The second-order valence-corrected chi connectivity index (χ2v) is 5.39. The summed E-state index contributed by atoms with van der Waals surface area (Å²) in [5.74, 6) is -0.561. The highest BCUT2D eigenvalue weighted by molar-refractivity contribution is 6.07. The van der Waals surface area contributed by atoms with Crippen molar-refractivity contribution in [3.63, 3.8) is 0 Å². The Morgan fingerprint density at radius 2 is 2.10 bits per heavy atom. The zero-order valence-corrected chi connectivity index (χ0v) is 11.8. The molecule has 1 aliphatic rings. The van der Waals surface area contributed by atoms with E-state index in [0.29, 0.717) is 12.1 Å². The van der Waals surface area contributed by atoms with E-state index in [1.165, 1.54) is 12.1 Å². The van der Waals surface area contributed by atoms with Gasteiger partial charge in [0.2, 0.25) is 0 Å². The van der Waals surface area contributed by atoms with Crippen molar-refractivity contribution in [1.82, 2.24) is 0 Å². The molecular formula is C17H17FN2O. The molecule has 1 unspecified atom stereocenters. The van der Waals surface area contributed by atoms with Gasteiger partial charge in [-0.15, -0.1) is 0 Å². The smallest absolute Gasteiger partial charge is 0.258 e. The van der Waals surface area contributed by atoms with Crippen molar-refractivity contribution in [2.75, 3.05) is 11.4 Å². The number of fused-ring (bicyclic) bond motifs is 1. The maximum Gasteiger partial charge on any atom is 0.258 e. The van der Waals surface area contributed by atoms with Crippen LogP contribution in [0.2, 0.25) is 0 Å². The van der Waals surface area contributed by atoms with Crippen LogP contribution >= 0.6 is 0 Å². The standard InChI is InChI=1S/C17H17FN2O/c1-11(19)12-5-6-16-13(9-12)7-8-20(16)17(21)14-3-2-4-15(18)10-14/h2-6,9-11H,7-8,19H2,1H3. The molecule has 1 amide bonds. The van der Waals surface area contributed by atoms with Crippen LogP contribution in [0.15, 0.2) is 42.5 Å². The number of carbonyl (C=O) groups is 1. The Balaban J connectivity index is 1.92. The van der Waals surface area contributed by atoms with E-state index in [9.17, 15) is 9.18 Å². The minimum absolute atomic E-state index is 0.0247. The first kappa shape index (κ1) is 13.8. The topological polar surface area (TPSA) is 46.3 Å².